The second kappa shape index (κ2) is 5.97. The van der Waals surface area contributed by atoms with Crippen LogP contribution in [-0.4, -0.2) is 35.0 Å². The minimum absolute atomic E-state index is 0.0264. The number of aliphatic carboxylic acids is 1. The lowest BCUT2D eigenvalue weighted by molar-refractivity contribution is -0.150. The monoisotopic (exact) mass is 373 g/mol. The predicted molar refractivity (Wildman–Crippen MR) is 84.6 cm³/mol. The summed E-state index contributed by atoms with van der Waals surface area (Å²) in [4.78, 5) is 25.8. The molecule has 114 valence electrons. The van der Waals surface area contributed by atoms with Crippen molar-refractivity contribution in [1.82, 2.24) is 4.90 Å². The predicted octanol–water partition coefficient (Wildman–Crippen LogP) is 3.68. The lowest BCUT2D eigenvalue weighted by atomic mass is 9.76. The molecule has 0 aromatic heterocycles. The van der Waals surface area contributed by atoms with Crippen molar-refractivity contribution in [3.63, 3.8) is 0 Å². The number of hydrogen-bond acceptors (Lipinski definition) is 2. The van der Waals surface area contributed by atoms with Gasteiger partial charge in [0.2, 0.25) is 0 Å². The molecule has 1 atom stereocenters. The van der Waals surface area contributed by atoms with Crippen LogP contribution in [0.2, 0.25) is 5.02 Å². The van der Waals surface area contributed by atoms with Crippen molar-refractivity contribution in [2.45, 2.75) is 20.3 Å². The average molecular weight is 375 g/mol. The molecule has 0 aliphatic carbocycles. The van der Waals surface area contributed by atoms with E-state index < -0.39 is 11.4 Å². The fourth-order valence-corrected chi connectivity index (χ4v) is 3.58. The van der Waals surface area contributed by atoms with Crippen LogP contribution in [-0.2, 0) is 4.79 Å². The maximum Gasteiger partial charge on any atom is 0.311 e. The molecular weight excluding hydrogens is 358 g/mol. The van der Waals surface area contributed by atoms with Gasteiger partial charge in [-0.3, -0.25) is 9.59 Å². The largest absolute Gasteiger partial charge is 0.481 e. The van der Waals surface area contributed by atoms with Crippen molar-refractivity contribution in [3.8, 4) is 0 Å². The number of carbonyl (C=O) groups excluding carboxylic acids is 1. The molecule has 1 aromatic carbocycles. The molecule has 1 heterocycles. The number of benzene rings is 1. The van der Waals surface area contributed by atoms with E-state index in [1.54, 1.807) is 23.1 Å². The van der Waals surface area contributed by atoms with Crippen LogP contribution in [0.15, 0.2) is 22.7 Å². The Labute approximate surface area is 137 Å². The van der Waals surface area contributed by atoms with Gasteiger partial charge in [-0.05, 0) is 46.5 Å². The molecule has 0 radical (unpaired) electrons. The van der Waals surface area contributed by atoms with E-state index in [1.807, 2.05) is 13.8 Å². The summed E-state index contributed by atoms with van der Waals surface area (Å²) >= 11 is 9.21. The Bertz CT molecular complexity index is 590. The lowest BCUT2D eigenvalue weighted by Gasteiger charge is -2.28. The van der Waals surface area contributed by atoms with Crippen LogP contribution < -0.4 is 0 Å². The number of amides is 1. The van der Waals surface area contributed by atoms with Gasteiger partial charge in [0.15, 0.2) is 0 Å². The highest BCUT2D eigenvalue weighted by molar-refractivity contribution is 9.10. The molecule has 1 aliphatic rings. The molecule has 1 amide bonds. The number of nitrogens with zero attached hydrogens (tertiary/aromatic N) is 1. The Hall–Kier alpha value is -1.07. The Morgan fingerprint density at radius 2 is 2.10 bits per heavy atom. The van der Waals surface area contributed by atoms with Gasteiger partial charge in [-0.25, -0.2) is 0 Å². The number of halogens is 2. The van der Waals surface area contributed by atoms with Gasteiger partial charge < -0.3 is 10.0 Å². The Morgan fingerprint density at radius 1 is 1.43 bits per heavy atom. The van der Waals surface area contributed by atoms with Crippen LogP contribution in [0.5, 0.6) is 0 Å². The van der Waals surface area contributed by atoms with Gasteiger partial charge in [-0.15, -0.1) is 0 Å². The van der Waals surface area contributed by atoms with E-state index in [-0.39, 0.29) is 18.4 Å². The van der Waals surface area contributed by atoms with Crippen molar-refractivity contribution in [1.29, 1.82) is 0 Å². The summed E-state index contributed by atoms with van der Waals surface area (Å²) in [6.07, 6.45) is 0.483. The van der Waals surface area contributed by atoms with E-state index in [2.05, 4.69) is 15.9 Å². The molecule has 21 heavy (non-hydrogen) atoms. The Morgan fingerprint density at radius 3 is 2.57 bits per heavy atom. The second-order valence-electron chi connectivity index (χ2n) is 5.72. The first-order valence-electron chi connectivity index (χ1n) is 6.75. The third-order valence-electron chi connectivity index (χ3n) is 4.28. The van der Waals surface area contributed by atoms with E-state index in [0.29, 0.717) is 28.0 Å². The minimum Gasteiger partial charge on any atom is -0.481 e. The zero-order valence-corrected chi connectivity index (χ0v) is 14.2. The molecule has 1 aromatic rings. The molecule has 4 nitrogen and oxygen atoms in total. The number of carboxylic acid groups (broad SMARTS) is 1. The van der Waals surface area contributed by atoms with Crippen LogP contribution in [0.4, 0.5) is 0 Å². The molecule has 6 heteroatoms. The summed E-state index contributed by atoms with van der Waals surface area (Å²) in [7, 11) is 0. The zero-order chi connectivity index (χ0) is 15.8. The number of likely N-dealkylation sites (tertiary alicyclic amines) is 1. The molecule has 1 fully saturated rings. The molecule has 0 bridgehead atoms. The standard InChI is InChI=1S/C15H17BrClNO3/c1-9(2)15(14(20)21)5-6-18(8-15)13(19)11-4-3-10(17)7-12(11)16/h3-4,7,9H,5-6,8H2,1-2H3,(H,20,21). The third kappa shape index (κ3) is 2.94. The van der Waals surface area contributed by atoms with E-state index in [1.165, 1.54) is 0 Å². The maximum absolute atomic E-state index is 12.6. The summed E-state index contributed by atoms with van der Waals surface area (Å²) in [5.74, 6) is -1.02. The highest BCUT2D eigenvalue weighted by Crippen LogP contribution is 2.39. The van der Waals surface area contributed by atoms with Gasteiger partial charge >= 0.3 is 5.97 Å². The molecule has 1 aliphatic heterocycles. The van der Waals surface area contributed by atoms with Gasteiger partial charge in [0.25, 0.3) is 5.91 Å². The summed E-state index contributed by atoms with van der Waals surface area (Å²) in [5.41, 5.74) is -0.349. The van der Waals surface area contributed by atoms with Gasteiger partial charge in [0.1, 0.15) is 0 Å². The number of carbonyl (C=O) groups is 2. The summed E-state index contributed by atoms with van der Waals surface area (Å²) < 4.78 is 0.623. The Kier molecular flexibility index (Phi) is 4.63. The minimum atomic E-state index is -0.853. The third-order valence-corrected chi connectivity index (χ3v) is 5.17. The summed E-state index contributed by atoms with van der Waals surface area (Å²) in [6, 6.07) is 4.98. The molecule has 1 N–H and O–H groups in total. The molecule has 1 unspecified atom stereocenters. The lowest BCUT2D eigenvalue weighted by Crippen LogP contribution is -2.40. The van der Waals surface area contributed by atoms with Gasteiger partial charge in [0.05, 0.1) is 11.0 Å². The van der Waals surface area contributed by atoms with Crippen LogP contribution >= 0.6 is 27.5 Å². The fraction of sp³-hybridized carbons (Fsp3) is 0.467. The number of rotatable bonds is 3. The van der Waals surface area contributed by atoms with Crippen LogP contribution in [0, 0.1) is 11.3 Å². The normalized spacial score (nSPS) is 21.9. The molecule has 1 saturated heterocycles. The SMILES string of the molecule is CC(C)C1(C(=O)O)CCN(C(=O)c2ccc(Cl)cc2Br)C1. The quantitative estimate of drug-likeness (QED) is 0.878. The maximum atomic E-state index is 12.6. The first-order valence-corrected chi connectivity index (χ1v) is 7.93. The average Bonchev–Trinajstić information content (AvgIpc) is 2.84. The molecule has 2 rings (SSSR count). The number of hydrogen-bond donors (Lipinski definition) is 1. The van der Waals surface area contributed by atoms with Crippen molar-refractivity contribution in [2.75, 3.05) is 13.1 Å². The highest BCUT2D eigenvalue weighted by atomic mass is 79.9. The smallest absolute Gasteiger partial charge is 0.311 e. The van der Waals surface area contributed by atoms with E-state index in [9.17, 15) is 14.7 Å². The molecular formula is C15H17BrClNO3. The first-order chi connectivity index (χ1) is 9.78. The van der Waals surface area contributed by atoms with E-state index in [4.69, 9.17) is 11.6 Å². The van der Waals surface area contributed by atoms with Crippen molar-refractivity contribution < 1.29 is 14.7 Å². The van der Waals surface area contributed by atoms with Crippen molar-refractivity contribution >= 4 is 39.4 Å². The van der Waals surface area contributed by atoms with Crippen molar-refractivity contribution in [2.24, 2.45) is 11.3 Å². The van der Waals surface area contributed by atoms with E-state index >= 15 is 0 Å². The van der Waals surface area contributed by atoms with E-state index in [0.717, 1.165) is 0 Å². The van der Waals surface area contributed by atoms with Crippen LogP contribution in [0.3, 0.4) is 0 Å². The Balaban J connectivity index is 2.25. The van der Waals surface area contributed by atoms with Gasteiger partial charge in [-0.2, -0.15) is 0 Å². The first kappa shape index (κ1) is 16.3. The topological polar surface area (TPSA) is 57.6 Å². The molecule has 0 spiro atoms. The second-order valence-corrected chi connectivity index (χ2v) is 7.01. The molecule has 0 saturated carbocycles. The number of carboxylic acids is 1. The summed E-state index contributed by atoms with van der Waals surface area (Å²) in [6.45, 7) is 4.48. The van der Waals surface area contributed by atoms with Crippen LogP contribution in [0.1, 0.15) is 30.6 Å². The van der Waals surface area contributed by atoms with Gasteiger partial charge in [-0.1, -0.05) is 25.4 Å². The van der Waals surface area contributed by atoms with Crippen LogP contribution in [0.25, 0.3) is 0 Å². The zero-order valence-electron chi connectivity index (χ0n) is 11.9. The summed E-state index contributed by atoms with van der Waals surface area (Å²) in [5, 5.41) is 10.1. The highest BCUT2D eigenvalue weighted by Gasteiger charge is 2.48. The van der Waals surface area contributed by atoms with Crippen molar-refractivity contribution in [3.05, 3.63) is 33.3 Å². The fourth-order valence-electron chi connectivity index (χ4n) is 2.73. The van der Waals surface area contributed by atoms with Gasteiger partial charge in [0, 0.05) is 22.6 Å².